The molecule has 1 aromatic heterocycles. The molecule has 236 valence electrons. The lowest BCUT2D eigenvalue weighted by Crippen LogP contribution is -2.35. The zero-order chi connectivity index (χ0) is 32.0. The lowest BCUT2D eigenvalue weighted by molar-refractivity contribution is -0.137. The van der Waals surface area contributed by atoms with Crippen LogP contribution in [0.15, 0.2) is 53.6 Å². The molecule has 2 aromatic carbocycles. The summed E-state index contributed by atoms with van der Waals surface area (Å²) in [5.41, 5.74) is 0.430. The summed E-state index contributed by atoms with van der Waals surface area (Å²) in [7, 11) is -3.44. The van der Waals surface area contributed by atoms with E-state index in [4.69, 9.17) is 4.74 Å². The topological polar surface area (TPSA) is 145 Å². The molecule has 1 atom stereocenters. The van der Waals surface area contributed by atoms with Gasteiger partial charge in [-0.1, -0.05) is 12.1 Å². The van der Waals surface area contributed by atoms with Gasteiger partial charge in [0.05, 0.1) is 6.20 Å². The smallest absolute Gasteiger partial charge is 0.415 e. The van der Waals surface area contributed by atoms with Gasteiger partial charge >= 0.3 is 12.1 Å². The van der Waals surface area contributed by atoms with Gasteiger partial charge in [0, 0.05) is 45.7 Å². The van der Waals surface area contributed by atoms with Crippen LogP contribution in [-0.4, -0.2) is 79.7 Å². The van der Waals surface area contributed by atoms with E-state index in [1.807, 2.05) is 13.8 Å². The first-order chi connectivity index (χ1) is 20.9. The number of nitrogens with one attached hydrogen (secondary N) is 1. The Morgan fingerprint density at radius 3 is 2.34 bits per heavy atom. The first-order valence-corrected chi connectivity index (χ1v) is 15.5. The maximum Gasteiger partial charge on any atom is 0.415 e. The van der Waals surface area contributed by atoms with Crippen molar-refractivity contribution >= 4 is 39.5 Å². The van der Waals surface area contributed by atoms with Gasteiger partial charge in [0.25, 0.3) is 10.0 Å². The Kier molecular flexibility index (Phi) is 10.2. The number of rotatable bonds is 12. The minimum Gasteiger partial charge on any atom is -0.480 e. The van der Waals surface area contributed by atoms with Crippen molar-refractivity contribution < 1.29 is 36.6 Å². The number of sulfonamides is 1. The monoisotopic (exact) mass is 632 g/mol. The number of ether oxygens (including phenoxy) is 1. The van der Waals surface area contributed by atoms with Crippen LogP contribution in [0.2, 0.25) is 0 Å². The minimum atomic E-state index is -4.58. The van der Waals surface area contributed by atoms with E-state index in [1.54, 1.807) is 34.1 Å². The summed E-state index contributed by atoms with van der Waals surface area (Å²) < 4.78 is 60.8. The molecule has 44 heavy (non-hydrogen) atoms. The third kappa shape index (κ3) is 7.33. The summed E-state index contributed by atoms with van der Waals surface area (Å²) in [5, 5.41) is 12.9. The van der Waals surface area contributed by atoms with Crippen molar-refractivity contribution in [2.75, 3.05) is 47.7 Å². The zero-order valence-electron chi connectivity index (χ0n) is 24.5. The largest absolute Gasteiger partial charge is 0.480 e. The number of carboxylic acid groups (broad SMARTS) is 1. The fraction of sp³-hybridized carbons (Fsp3) is 0.379. The Hall–Kier alpha value is -4.53. The summed E-state index contributed by atoms with van der Waals surface area (Å²) in [4.78, 5) is 36.0. The van der Waals surface area contributed by atoms with Crippen molar-refractivity contribution in [2.45, 2.75) is 44.0 Å². The van der Waals surface area contributed by atoms with Crippen LogP contribution in [0, 0.1) is 11.6 Å². The first kappa shape index (κ1) is 32.4. The third-order valence-corrected chi connectivity index (χ3v) is 9.02. The van der Waals surface area contributed by atoms with Crippen LogP contribution in [-0.2, 0) is 21.2 Å². The van der Waals surface area contributed by atoms with E-state index in [2.05, 4.69) is 15.3 Å². The zero-order valence-corrected chi connectivity index (χ0v) is 25.4. The van der Waals surface area contributed by atoms with E-state index in [9.17, 15) is 31.9 Å². The molecule has 4 rings (SSSR count). The van der Waals surface area contributed by atoms with Gasteiger partial charge in [0.15, 0.2) is 5.82 Å². The highest BCUT2D eigenvalue weighted by Gasteiger charge is 2.30. The molecule has 0 bridgehead atoms. The lowest BCUT2D eigenvalue weighted by Gasteiger charge is -2.26. The van der Waals surface area contributed by atoms with Crippen LogP contribution in [0.1, 0.15) is 32.3 Å². The number of likely N-dealkylation sites (tertiary alicyclic amines) is 1. The normalized spacial score (nSPS) is 13.8. The van der Waals surface area contributed by atoms with Gasteiger partial charge in [-0.05, 0) is 56.5 Å². The molecule has 1 aliphatic heterocycles. The van der Waals surface area contributed by atoms with Crippen molar-refractivity contribution in [1.82, 2.24) is 14.9 Å². The SMILES string of the molecule is CCN(CC)c1ncc(N(C)S(=O)(=O)c2ccc(F)cc2F)c(N[C@@H](Cc2ccc(OC(=O)N3CCCC3)cc2)C(=O)O)n1. The second-order valence-corrected chi connectivity index (χ2v) is 12.0. The van der Waals surface area contributed by atoms with Crippen molar-refractivity contribution in [1.29, 1.82) is 0 Å². The van der Waals surface area contributed by atoms with Gasteiger partial charge in [-0.3, -0.25) is 4.31 Å². The van der Waals surface area contributed by atoms with Crippen molar-refractivity contribution in [3.8, 4) is 5.75 Å². The summed E-state index contributed by atoms with van der Waals surface area (Å²) >= 11 is 0. The Labute approximate surface area is 254 Å². The average Bonchev–Trinajstić information content (AvgIpc) is 3.53. The van der Waals surface area contributed by atoms with Crippen molar-refractivity contribution in [2.24, 2.45) is 0 Å². The number of hydrogen-bond acceptors (Lipinski definition) is 9. The molecule has 1 fully saturated rings. The molecule has 0 aliphatic carbocycles. The number of aliphatic carboxylic acids is 1. The van der Waals surface area contributed by atoms with Crippen molar-refractivity contribution in [3.05, 3.63) is 65.9 Å². The van der Waals surface area contributed by atoms with E-state index >= 15 is 0 Å². The van der Waals surface area contributed by atoms with Crippen LogP contribution < -0.4 is 19.3 Å². The highest BCUT2D eigenvalue weighted by atomic mass is 32.2. The molecule has 12 nitrogen and oxygen atoms in total. The number of carbonyl (C=O) groups is 2. The summed E-state index contributed by atoms with van der Waals surface area (Å²) in [6, 6.07) is 7.18. The summed E-state index contributed by atoms with van der Waals surface area (Å²) in [6.45, 7) is 6.04. The minimum absolute atomic E-state index is 0.0528. The van der Waals surface area contributed by atoms with Gasteiger partial charge < -0.3 is 25.0 Å². The number of nitrogens with zero attached hydrogens (tertiary/aromatic N) is 5. The molecule has 1 amide bonds. The Morgan fingerprint density at radius 1 is 1.09 bits per heavy atom. The molecule has 0 saturated carbocycles. The first-order valence-electron chi connectivity index (χ1n) is 14.1. The number of carboxylic acids is 1. The lowest BCUT2D eigenvalue weighted by atomic mass is 10.1. The van der Waals surface area contributed by atoms with E-state index in [-0.39, 0.29) is 23.9 Å². The maximum absolute atomic E-state index is 14.5. The standard InChI is InChI=1S/C29H34F2N6O6S/c1-4-36(5-2)28-32-18-24(35(3)44(41,42)25-13-10-20(30)17-22(25)31)26(34-28)33-23(27(38)39)16-19-8-11-21(12-9-19)43-29(40)37-14-6-7-15-37/h8-13,17-18,23H,4-7,14-16H2,1-3H3,(H,38,39)(H,32,33,34)/t23-/m0/s1. The highest BCUT2D eigenvalue weighted by Crippen LogP contribution is 2.31. The Bertz CT molecular complexity index is 1600. The molecule has 2 N–H and O–H groups in total. The Balaban J connectivity index is 1.62. The van der Waals surface area contributed by atoms with Crippen LogP contribution in [0.4, 0.5) is 31.0 Å². The molecule has 1 saturated heterocycles. The quantitative estimate of drug-likeness (QED) is 0.299. The van der Waals surface area contributed by atoms with E-state index in [0.29, 0.717) is 47.9 Å². The average molecular weight is 633 g/mol. The van der Waals surface area contributed by atoms with Crippen LogP contribution in [0.25, 0.3) is 0 Å². The molecule has 15 heteroatoms. The van der Waals surface area contributed by atoms with Gasteiger partial charge in [0.2, 0.25) is 5.95 Å². The molecule has 0 radical (unpaired) electrons. The number of anilines is 3. The molecule has 3 aromatic rings. The van der Waals surface area contributed by atoms with E-state index in [0.717, 1.165) is 32.0 Å². The highest BCUT2D eigenvalue weighted by molar-refractivity contribution is 7.92. The second kappa shape index (κ2) is 13.8. The Morgan fingerprint density at radius 2 is 1.75 bits per heavy atom. The fourth-order valence-corrected chi connectivity index (χ4v) is 5.92. The van der Waals surface area contributed by atoms with Crippen LogP contribution in [0.5, 0.6) is 5.75 Å². The number of benzene rings is 2. The fourth-order valence-electron chi connectivity index (χ4n) is 4.68. The summed E-state index contributed by atoms with van der Waals surface area (Å²) in [5.74, 6) is -3.08. The predicted octanol–water partition coefficient (Wildman–Crippen LogP) is 4.13. The van der Waals surface area contributed by atoms with Crippen LogP contribution in [0.3, 0.4) is 0 Å². The predicted molar refractivity (Wildman–Crippen MR) is 160 cm³/mol. The van der Waals surface area contributed by atoms with Gasteiger partial charge in [-0.25, -0.2) is 31.8 Å². The molecule has 0 unspecified atom stereocenters. The number of amides is 1. The molecular formula is C29H34F2N6O6S. The van der Waals surface area contributed by atoms with Gasteiger partial charge in [-0.15, -0.1) is 0 Å². The third-order valence-electron chi connectivity index (χ3n) is 7.22. The number of carbonyl (C=O) groups excluding carboxylic acids is 1. The van der Waals surface area contributed by atoms with Gasteiger partial charge in [0.1, 0.15) is 34.0 Å². The van der Waals surface area contributed by atoms with Crippen LogP contribution >= 0.6 is 0 Å². The van der Waals surface area contributed by atoms with Gasteiger partial charge in [-0.2, -0.15) is 4.98 Å². The van der Waals surface area contributed by atoms with Crippen molar-refractivity contribution in [3.63, 3.8) is 0 Å². The number of hydrogen-bond donors (Lipinski definition) is 2. The van der Waals surface area contributed by atoms with E-state index in [1.165, 1.54) is 6.20 Å². The molecule has 1 aliphatic rings. The summed E-state index contributed by atoms with van der Waals surface area (Å²) in [6.07, 6.45) is 2.55. The number of aromatic nitrogens is 2. The second-order valence-electron chi connectivity index (χ2n) is 10.1. The molecular weight excluding hydrogens is 598 g/mol. The molecule has 0 spiro atoms. The number of halogens is 2. The maximum atomic E-state index is 14.5. The molecule has 2 heterocycles. The van der Waals surface area contributed by atoms with E-state index < -0.39 is 44.7 Å².